The van der Waals surface area contributed by atoms with Crippen molar-refractivity contribution in [1.82, 2.24) is 10.2 Å². The van der Waals surface area contributed by atoms with Crippen LogP contribution in [0.2, 0.25) is 5.02 Å². The van der Waals surface area contributed by atoms with Crippen molar-refractivity contribution in [2.75, 3.05) is 6.54 Å². The summed E-state index contributed by atoms with van der Waals surface area (Å²) >= 11 is 5.94. The van der Waals surface area contributed by atoms with Gasteiger partial charge >= 0.3 is 0 Å². The highest BCUT2D eigenvalue weighted by Crippen LogP contribution is 2.39. The van der Waals surface area contributed by atoms with Crippen LogP contribution in [-0.2, 0) is 16.0 Å². The lowest BCUT2D eigenvalue weighted by Crippen LogP contribution is -2.43. The predicted molar refractivity (Wildman–Crippen MR) is 97.3 cm³/mol. The summed E-state index contributed by atoms with van der Waals surface area (Å²) in [7, 11) is 0. The first-order valence-electron chi connectivity index (χ1n) is 9.41. The number of likely N-dealkylation sites (tertiary alicyclic amines) is 1. The standard InChI is InChI=1S/C20H25ClN2O2/c21-16-7-5-14(6-8-16)12-20(9-10-20)22-19(25)15-11-18(24)23(13-15)17-3-1-2-4-17/h5-8,15,17H,1-4,9-13H2,(H,22,25). The summed E-state index contributed by atoms with van der Waals surface area (Å²) in [6, 6.07) is 8.20. The average Bonchev–Trinajstić information content (AvgIpc) is 3.00. The van der Waals surface area contributed by atoms with Gasteiger partial charge in [-0.3, -0.25) is 9.59 Å². The fraction of sp³-hybridized carbons (Fsp3) is 0.600. The lowest BCUT2D eigenvalue weighted by atomic mass is 10.0. The number of carbonyl (C=O) groups is 2. The Morgan fingerprint density at radius 2 is 1.88 bits per heavy atom. The molecule has 4 rings (SSSR count). The van der Waals surface area contributed by atoms with Crippen LogP contribution in [0, 0.1) is 5.92 Å². The monoisotopic (exact) mass is 360 g/mol. The van der Waals surface area contributed by atoms with Crippen molar-refractivity contribution in [2.45, 2.75) is 62.9 Å². The van der Waals surface area contributed by atoms with E-state index in [2.05, 4.69) is 5.32 Å². The molecule has 1 aromatic rings. The number of carbonyl (C=O) groups excluding carboxylic acids is 2. The predicted octanol–water partition coefficient (Wildman–Crippen LogP) is 3.32. The number of rotatable bonds is 5. The Balaban J connectivity index is 1.35. The fourth-order valence-corrected chi connectivity index (χ4v) is 4.46. The Hall–Kier alpha value is -1.55. The van der Waals surface area contributed by atoms with Crippen LogP contribution >= 0.6 is 11.6 Å². The van der Waals surface area contributed by atoms with Gasteiger partial charge in [0.15, 0.2) is 0 Å². The number of benzene rings is 1. The minimum atomic E-state index is -0.184. The fourth-order valence-electron chi connectivity index (χ4n) is 4.33. The molecule has 134 valence electrons. The van der Waals surface area contributed by atoms with Gasteiger partial charge in [0.1, 0.15) is 0 Å². The second kappa shape index (κ2) is 6.64. The van der Waals surface area contributed by atoms with Crippen LogP contribution in [-0.4, -0.2) is 34.8 Å². The van der Waals surface area contributed by atoms with E-state index in [4.69, 9.17) is 11.6 Å². The number of hydrogen-bond acceptors (Lipinski definition) is 2. The SMILES string of the molecule is O=C(NC1(Cc2ccc(Cl)cc2)CC1)C1CC(=O)N(C2CCCC2)C1. The number of halogens is 1. The first-order chi connectivity index (χ1) is 12.0. The normalized spacial score (nSPS) is 25.4. The highest BCUT2D eigenvalue weighted by atomic mass is 35.5. The molecule has 25 heavy (non-hydrogen) atoms. The van der Waals surface area contributed by atoms with E-state index >= 15 is 0 Å². The van der Waals surface area contributed by atoms with Gasteiger partial charge in [-0.2, -0.15) is 0 Å². The van der Waals surface area contributed by atoms with Crippen molar-refractivity contribution >= 4 is 23.4 Å². The molecule has 1 heterocycles. The molecule has 2 aliphatic carbocycles. The number of nitrogens with one attached hydrogen (secondary N) is 1. The summed E-state index contributed by atoms with van der Waals surface area (Å²) < 4.78 is 0. The van der Waals surface area contributed by atoms with E-state index in [1.54, 1.807) is 0 Å². The first kappa shape index (κ1) is 16.9. The molecule has 1 N–H and O–H groups in total. The molecule has 0 bridgehead atoms. The number of amides is 2. The second-order valence-electron chi connectivity index (χ2n) is 7.96. The van der Waals surface area contributed by atoms with Gasteiger partial charge in [-0.1, -0.05) is 36.6 Å². The van der Waals surface area contributed by atoms with Crippen molar-refractivity contribution in [3.63, 3.8) is 0 Å². The minimum absolute atomic E-state index is 0.0558. The van der Waals surface area contributed by atoms with Gasteiger partial charge in [-0.15, -0.1) is 0 Å². The zero-order valence-corrected chi connectivity index (χ0v) is 15.2. The molecule has 3 fully saturated rings. The molecular formula is C20H25ClN2O2. The van der Waals surface area contributed by atoms with E-state index in [1.807, 2.05) is 29.2 Å². The summed E-state index contributed by atoms with van der Waals surface area (Å²) in [6.07, 6.45) is 7.83. The van der Waals surface area contributed by atoms with Gasteiger partial charge in [0.2, 0.25) is 11.8 Å². The maximum Gasteiger partial charge on any atom is 0.225 e. The van der Waals surface area contributed by atoms with E-state index in [1.165, 1.54) is 18.4 Å². The molecule has 4 nitrogen and oxygen atoms in total. The highest BCUT2D eigenvalue weighted by Gasteiger charge is 2.46. The van der Waals surface area contributed by atoms with Gasteiger partial charge in [0.25, 0.3) is 0 Å². The van der Waals surface area contributed by atoms with Crippen molar-refractivity contribution < 1.29 is 9.59 Å². The Morgan fingerprint density at radius 1 is 1.20 bits per heavy atom. The van der Waals surface area contributed by atoms with Gasteiger partial charge in [0, 0.05) is 29.6 Å². The third kappa shape index (κ3) is 3.69. The Labute approximate surface area is 153 Å². The summed E-state index contributed by atoms with van der Waals surface area (Å²) in [5.41, 5.74) is 1.08. The summed E-state index contributed by atoms with van der Waals surface area (Å²) in [5.74, 6) is 0.0331. The molecule has 2 amide bonds. The zero-order valence-electron chi connectivity index (χ0n) is 14.5. The molecule has 0 radical (unpaired) electrons. The molecule has 5 heteroatoms. The molecule has 1 saturated heterocycles. The van der Waals surface area contributed by atoms with Crippen LogP contribution in [0.1, 0.15) is 50.5 Å². The Morgan fingerprint density at radius 3 is 2.52 bits per heavy atom. The van der Waals surface area contributed by atoms with Crippen LogP contribution < -0.4 is 5.32 Å². The smallest absolute Gasteiger partial charge is 0.225 e. The van der Waals surface area contributed by atoms with E-state index in [0.29, 0.717) is 19.0 Å². The molecule has 0 spiro atoms. The molecule has 3 aliphatic rings. The van der Waals surface area contributed by atoms with E-state index in [-0.39, 0.29) is 23.3 Å². The van der Waals surface area contributed by atoms with Gasteiger partial charge in [-0.05, 0) is 49.8 Å². The average molecular weight is 361 g/mol. The zero-order chi connectivity index (χ0) is 17.4. The Bertz CT molecular complexity index is 663. The van der Waals surface area contributed by atoms with Crippen LogP contribution in [0.25, 0.3) is 0 Å². The van der Waals surface area contributed by atoms with Gasteiger partial charge in [0.05, 0.1) is 5.92 Å². The van der Waals surface area contributed by atoms with Gasteiger partial charge in [-0.25, -0.2) is 0 Å². The van der Waals surface area contributed by atoms with E-state index in [9.17, 15) is 9.59 Å². The molecule has 1 unspecified atom stereocenters. The number of nitrogens with zero attached hydrogens (tertiary/aromatic N) is 1. The van der Waals surface area contributed by atoms with Crippen molar-refractivity contribution in [2.24, 2.45) is 5.92 Å². The molecule has 2 saturated carbocycles. The minimum Gasteiger partial charge on any atom is -0.350 e. The quantitative estimate of drug-likeness (QED) is 0.875. The maximum absolute atomic E-state index is 12.7. The van der Waals surface area contributed by atoms with E-state index in [0.717, 1.165) is 37.1 Å². The lowest BCUT2D eigenvalue weighted by Gasteiger charge is -2.24. The Kier molecular flexibility index (Phi) is 4.48. The van der Waals surface area contributed by atoms with E-state index < -0.39 is 0 Å². The first-order valence-corrected chi connectivity index (χ1v) is 9.78. The second-order valence-corrected chi connectivity index (χ2v) is 8.39. The molecule has 0 aromatic heterocycles. The van der Waals surface area contributed by atoms with Crippen molar-refractivity contribution in [3.8, 4) is 0 Å². The van der Waals surface area contributed by atoms with Gasteiger partial charge < -0.3 is 10.2 Å². The van der Waals surface area contributed by atoms with Crippen LogP contribution in [0.3, 0.4) is 0 Å². The molecular weight excluding hydrogens is 336 g/mol. The third-order valence-corrected chi connectivity index (χ3v) is 6.24. The number of hydrogen-bond donors (Lipinski definition) is 1. The molecule has 1 aromatic carbocycles. The summed E-state index contributed by atoms with van der Waals surface area (Å²) in [6.45, 7) is 0.604. The van der Waals surface area contributed by atoms with Crippen molar-refractivity contribution in [1.29, 1.82) is 0 Å². The maximum atomic E-state index is 12.7. The molecule has 1 aliphatic heterocycles. The van der Waals surface area contributed by atoms with Crippen LogP contribution in [0.4, 0.5) is 0 Å². The summed E-state index contributed by atoms with van der Waals surface area (Å²) in [5, 5.41) is 3.98. The largest absolute Gasteiger partial charge is 0.350 e. The van der Waals surface area contributed by atoms with Crippen LogP contribution in [0.15, 0.2) is 24.3 Å². The molecule has 1 atom stereocenters. The van der Waals surface area contributed by atoms with Crippen LogP contribution in [0.5, 0.6) is 0 Å². The van der Waals surface area contributed by atoms with Crippen molar-refractivity contribution in [3.05, 3.63) is 34.9 Å². The highest BCUT2D eigenvalue weighted by molar-refractivity contribution is 6.30. The third-order valence-electron chi connectivity index (χ3n) is 5.99. The lowest BCUT2D eigenvalue weighted by molar-refractivity contribution is -0.130. The topological polar surface area (TPSA) is 49.4 Å². The summed E-state index contributed by atoms with van der Waals surface area (Å²) in [4.78, 5) is 27.0.